The van der Waals surface area contributed by atoms with Gasteiger partial charge in [-0.2, -0.15) is 0 Å². The number of carbonyl (C=O) groups is 2. The molecule has 0 bridgehead atoms. The summed E-state index contributed by atoms with van der Waals surface area (Å²) in [4.78, 5) is 27.7. The number of nitrogens with one attached hydrogen (secondary N) is 1. The second kappa shape index (κ2) is 12.6. The van der Waals surface area contributed by atoms with Crippen LogP contribution in [0.3, 0.4) is 0 Å². The number of nitrogens with zero attached hydrogens (tertiary/aromatic N) is 2. The summed E-state index contributed by atoms with van der Waals surface area (Å²) in [5.74, 6) is -0.801. The lowest BCUT2D eigenvalue weighted by Crippen LogP contribution is -2.51. The molecule has 0 unspecified atom stereocenters. The number of halogens is 2. The van der Waals surface area contributed by atoms with Gasteiger partial charge in [0.15, 0.2) is 0 Å². The van der Waals surface area contributed by atoms with Crippen LogP contribution in [-0.4, -0.2) is 50.5 Å². The van der Waals surface area contributed by atoms with Crippen LogP contribution in [0.4, 0.5) is 5.69 Å². The Labute approximate surface area is 218 Å². The molecule has 1 atom stereocenters. The molecule has 0 spiro atoms. The Morgan fingerprint density at radius 1 is 1.03 bits per heavy atom. The molecule has 0 saturated carbocycles. The largest absolute Gasteiger partial charge is 0.354 e. The average molecular weight is 543 g/mol. The van der Waals surface area contributed by atoms with E-state index in [0.29, 0.717) is 27.8 Å². The molecule has 0 saturated heterocycles. The van der Waals surface area contributed by atoms with Crippen LogP contribution in [0.2, 0.25) is 10.0 Å². The van der Waals surface area contributed by atoms with Gasteiger partial charge in [0.2, 0.25) is 21.8 Å². The number of hydrogen-bond acceptors (Lipinski definition) is 4. The molecule has 2 rings (SSSR count). The molecule has 1 N–H and O–H groups in total. The Balaban J connectivity index is 2.46. The number of para-hydroxylation sites is 1. The summed E-state index contributed by atoms with van der Waals surface area (Å²) in [6.45, 7) is 7.53. The van der Waals surface area contributed by atoms with Gasteiger partial charge < -0.3 is 10.2 Å². The van der Waals surface area contributed by atoms with Crippen molar-refractivity contribution in [1.29, 1.82) is 0 Å². The normalized spacial score (nSPS) is 12.3. The van der Waals surface area contributed by atoms with E-state index in [1.807, 2.05) is 32.9 Å². The van der Waals surface area contributed by atoms with Crippen molar-refractivity contribution >= 4 is 50.7 Å². The number of hydrogen-bond donors (Lipinski definition) is 1. The molecule has 35 heavy (non-hydrogen) atoms. The molecule has 192 valence electrons. The lowest BCUT2D eigenvalue weighted by molar-refractivity contribution is -0.139. The molecule has 10 heteroatoms. The van der Waals surface area contributed by atoms with Crippen LogP contribution in [0.1, 0.15) is 51.2 Å². The van der Waals surface area contributed by atoms with Gasteiger partial charge in [0.1, 0.15) is 12.6 Å². The van der Waals surface area contributed by atoms with Gasteiger partial charge in [0.25, 0.3) is 0 Å². The highest BCUT2D eigenvalue weighted by Crippen LogP contribution is 2.29. The number of carbonyl (C=O) groups excluding carboxylic acids is 2. The maximum Gasteiger partial charge on any atom is 0.244 e. The zero-order valence-corrected chi connectivity index (χ0v) is 23.0. The molecule has 2 aromatic rings. The van der Waals surface area contributed by atoms with Crippen LogP contribution in [0.5, 0.6) is 0 Å². The fourth-order valence-electron chi connectivity index (χ4n) is 3.61. The van der Waals surface area contributed by atoms with E-state index in [1.165, 1.54) is 4.90 Å². The Morgan fingerprint density at radius 3 is 2.26 bits per heavy atom. The molecular weight excluding hydrogens is 509 g/mol. The molecule has 0 radical (unpaired) electrons. The lowest BCUT2D eigenvalue weighted by atomic mass is 10.0. The highest BCUT2D eigenvalue weighted by atomic mass is 35.5. The van der Waals surface area contributed by atoms with E-state index in [2.05, 4.69) is 5.32 Å². The summed E-state index contributed by atoms with van der Waals surface area (Å²) >= 11 is 12.2. The smallest absolute Gasteiger partial charge is 0.244 e. The Kier molecular flexibility index (Phi) is 10.4. The Hall–Kier alpha value is -2.29. The number of benzene rings is 2. The van der Waals surface area contributed by atoms with Crippen molar-refractivity contribution in [2.45, 2.75) is 52.6 Å². The molecule has 0 fully saturated rings. The topological polar surface area (TPSA) is 86.8 Å². The summed E-state index contributed by atoms with van der Waals surface area (Å²) in [5, 5.41) is 3.49. The first-order chi connectivity index (χ1) is 16.4. The van der Waals surface area contributed by atoms with Gasteiger partial charge in [-0.15, -0.1) is 0 Å². The van der Waals surface area contributed by atoms with Gasteiger partial charge in [-0.25, -0.2) is 8.42 Å². The monoisotopic (exact) mass is 541 g/mol. The summed E-state index contributed by atoms with van der Waals surface area (Å²) in [6.07, 6.45) is 1.81. The highest BCUT2D eigenvalue weighted by molar-refractivity contribution is 7.92. The second-order valence-electron chi connectivity index (χ2n) is 8.72. The SMILES string of the molecule is CCCNC(=O)[C@H](C)N(Cc1ccc(Cl)c(Cl)c1)C(=O)CN(c1ccccc1C(C)C)S(C)(=O)=O. The molecule has 0 aliphatic heterocycles. The van der Waals surface area contributed by atoms with Gasteiger partial charge in [0.05, 0.1) is 22.0 Å². The van der Waals surface area contributed by atoms with Crippen molar-refractivity contribution in [2.24, 2.45) is 0 Å². The second-order valence-corrected chi connectivity index (χ2v) is 11.4. The third kappa shape index (κ3) is 7.85. The predicted octanol–water partition coefficient (Wildman–Crippen LogP) is 4.83. The third-order valence-corrected chi connectivity index (χ3v) is 7.43. The molecule has 0 aromatic heterocycles. The first-order valence-corrected chi connectivity index (χ1v) is 14.0. The van der Waals surface area contributed by atoms with Crippen LogP contribution >= 0.6 is 23.2 Å². The third-order valence-electron chi connectivity index (χ3n) is 5.56. The molecule has 2 amide bonds. The van der Waals surface area contributed by atoms with E-state index < -0.39 is 28.5 Å². The van der Waals surface area contributed by atoms with E-state index in [9.17, 15) is 18.0 Å². The fourth-order valence-corrected chi connectivity index (χ4v) is 4.80. The standard InChI is InChI=1S/C25H33Cl2N3O4S/c1-6-13-28-25(32)18(4)29(15-19-11-12-21(26)22(27)14-19)24(31)16-30(35(5,33)34)23-10-8-7-9-20(23)17(2)3/h7-12,14,17-18H,6,13,15-16H2,1-5H3,(H,28,32)/t18-/m0/s1. The maximum atomic E-state index is 13.6. The van der Waals surface area contributed by atoms with E-state index in [1.54, 1.807) is 37.3 Å². The van der Waals surface area contributed by atoms with Gasteiger partial charge in [0, 0.05) is 13.1 Å². The van der Waals surface area contributed by atoms with Gasteiger partial charge in [-0.3, -0.25) is 13.9 Å². The first-order valence-electron chi connectivity index (χ1n) is 11.4. The molecule has 0 aliphatic carbocycles. The van der Waals surface area contributed by atoms with Crippen LogP contribution in [-0.2, 0) is 26.2 Å². The minimum Gasteiger partial charge on any atom is -0.354 e. The predicted molar refractivity (Wildman–Crippen MR) is 142 cm³/mol. The van der Waals surface area contributed by atoms with Crippen LogP contribution in [0, 0.1) is 0 Å². The lowest BCUT2D eigenvalue weighted by Gasteiger charge is -2.32. The molecule has 0 aliphatic rings. The fraction of sp³-hybridized carbons (Fsp3) is 0.440. The van der Waals surface area contributed by atoms with E-state index >= 15 is 0 Å². The van der Waals surface area contributed by atoms with Crippen molar-refractivity contribution in [3.05, 3.63) is 63.6 Å². The molecule has 7 nitrogen and oxygen atoms in total. The quantitative estimate of drug-likeness (QED) is 0.441. The Bertz CT molecular complexity index is 1160. The van der Waals surface area contributed by atoms with Gasteiger partial charge >= 0.3 is 0 Å². The minimum atomic E-state index is -3.80. The van der Waals surface area contributed by atoms with E-state index in [0.717, 1.165) is 22.5 Å². The van der Waals surface area contributed by atoms with Crippen LogP contribution in [0.15, 0.2) is 42.5 Å². The van der Waals surface area contributed by atoms with Gasteiger partial charge in [-0.05, 0) is 48.6 Å². The van der Waals surface area contributed by atoms with Crippen LogP contribution in [0.25, 0.3) is 0 Å². The summed E-state index contributed by atoms with van der Waals surface area (Å²) in [6, 6.07) is 11.2. The number of anilines is 1. The summed E-state index contributed by atoms with van der Waals surface area (Å²) in [7, 11) is -3.80. The molecule has 0 heterocycles. The average Bonchev–Trinajstić information content (AvgIpc) is 2.80. The molecule has 2 aromatic carbocycles. The maximum absolute atomic E-state index is 13.6. The van der Waals surface area contributed by atoms with Crippen molar-refractivity contribution in [3.63, 3.8) is 0 Å². The zero-order chi connectivity index (χ0) is 26.3. The summed E-state index contributed by atoms with van der Waals surface area (Å²) in [5.41, 5.74) is 1.91. The molecular formula is C25H33Cl2N3O4S. The van der Waals surface area contributed by atoms with Crippen molar-refractivity contribution in [3.8, 4) is 0 Å². The zero-order valence-electron chi connectivity index (χ0n) is 20.7. The first kappa shape index (κ1) is 28.9. The number of amides is 2. The van der Waals surface area contributed by atoms with E-state index in [4.69, 9.17) is 23.2 Å². The summed E-state index contributed by atoms with van der Waals surface area (Å²) < 4.78 is 26.7. The van der Waals surface area contributed by atoms with Crippen molar-refractivity contribution in [1.82, 2.24) is 10.2 Å². The van der Waals surface area contributed by atoms with E-state index in [-0.39, 0.29) is 18.4 Å². The number of sulfonamides is 1. The number of rotatable bonds is 11. The van der Waals surface area contributed by atoms with Gasteiger partial charge in [-0.1, -0.05) is 68.2 Å². The Morgan fingerprint density at radius 2 is 1.69 bits per heavy atom. The van der Waals surface area contributed by atoms with Crippen molar-refractivity contribution in [2.75, 3.05) is 23.7 Å². The minimum absolute atomic E-state index is 0.0385. The highest BCUT2D eigenvalue weighted by Gasteiger charge is 2.31. The van der Waals surface area contributed by atoms with Crippen LogP contribution < -0.4 is 9.62 Å². The van der Waals surface area contributed by atoms with Crippen molar-refractivity contribution < 1.29 is 18.0 Å².